The number of amides is 1. The van der Waals surface area contributed by atoms with Gasteiger partial charge < -0.3 is 10.3 Å². The number of hydrogen-bond donors (Lipinski definition) is 2. The summed E-state index contributed by atoms with van der Waals surface area (Å²) in [5.41, 5.74) is 0.120. The molecule has 0 fully saturated rings. The van der Waals surface area contributed by atoms with Crippen molar-refractivity contribution in [2.75, 3.05) is 5.32 Å². The quantitative estimate of drug-likeness (QED) is 0.759. The number of fused-ring (bicyclic) bond motifs is 1. The predicted molar refractivity (Wildman–Crippen MR) is 78.9 cm³/mol. The number of aromatic nitrogens is 1. The van der Waals surface area contributed by atoms with Crippen LogP contribution in [0, 0.1) is 5.82 Å². The molecule has 1 heterocycles. The third-order valence-corrected chi connectivity index (χ3v) is 3.08. The molecule has 0 spiro atoms. The van der Waals surface area contributed by atoms with E-state index in [0.29, 0.717) is 16.5 Å². The molecule has 0 atom stereocenters. The third kappa shape index (κ3) is 2.67. The fourth-order valence-corrected chi connectivity index (χ4v) is 2.10. The van der Waals surface area contributed by atoms with Gasteiger partial charge in [-0.15, -0.1) is 0 Å². The van der Waals surface area contributed by atoms with Crippen LogP contribution in [0.1, 0.15) is 10.5 Å². The van der Waals surface area contributed by atoms with E-state index < -0.39 is 11.7 Å². The van der Waals surface area contributed by atoms with Crippen molar-refractivity contribution in [1.82, 2.24) is 4.98 Å². The van der Waals surface area contributed by atoms with Crippen LogP contribution in [0.4, 0.5) is 10.1 Å². The number of benzene rings is 2. The number of hydrogen-bond acceptors (Lipinski definition) is 2. The van der Waals surface area contributed by atoms with Gasteiger partial charge in [-0.05, 0) is 35.7 Å². The number of aromatic amines is 1. The molecule has 0 unspecified atom stereocenters. The van der Waals surface area contributed by atoms with Crippen LogP contribution in [0.15, 0.2) is 59.4 Å². The smallest absolute Gasteiger partial charge is 0.272 e. The molecule has 0 aliphatic rings. The molecule has 4 nitrogen and oxygen atoms in total. The van der Waals surface area contributed by atoms with Crippen LogP contribution in [0.25, 0.3) is 10.8 Å². The van der Waals surface area contributed by atoms with Gasteiger partial charge >= 0.3 is 0 Å². The van der Waals surface area contributed by atoms with Crippen molar-refractivity contribution in [2.45, 2.75) is 0 Å². The highest BCUT2D eigenvalue weighted by molar-refractivity contribution is 6.04. The van der Waals surface area contributed by atoms with Crippen LogP contribution < -0.4 is 10.9 Å². The van der Waals surface area contributed by atoms with E-state index in [0.717, 1.165) is 0 Å². The Hall–Kier alpha value is -2.95. The monoisotopic (exact) mass is 282 g/mol. The van der Waals surface area contributed by atoms with Gasteiger partial charge in [-0.3, -0.25) is 9.59 Å². The van der Waals surface area contributed by atoms with Crippen molar-refractivity contribution in [3.63, 3.8) is 0 Å². The standard InChI is InChI=1S/C16H11FN2O2/c17-11-5-3-6-12(9-11)18-16(21)14-8-10-4-1-2-7-13(10)15(20)19-14/h1-9H,(H,18,21)(H,19,20). The Morgan fingerprint density at radius 2 is 1.86 bits per heavy atom. The molecule has 0 saturated carbocycles. The minimum atomic E-state index is -0.497. The van der Waals surface area contributed by atoms with Crippen molar-refractivity contribution in [1.29, 1.82) is 0 Å². The number of carbonyl (C=O) groups is 1. The normalized spacial score (nSPS) is 10.5. The van der Waals surface area contributed by atoms with E-state index >= 15 is 0 Å². The molecule has 0 radical (unpaired) electrons. The zero-order chi connectivity index (χ0) is 14.8. The molecule has 1 aromatic heterocycles. The van der Waals surface area contributed by atoms with Crippen molar-refractivity contribution in [2.24, 2.45) is 0 Å². The molecule has 0 bridgehead atoms. The fraction of sp³-hybridized carbons (Fsp3) is 0. The number of nitrogens with one attached hydrogen (secondary N) is 2. The van der Waals surface area contributed by atoms with Gasteiger partial charge in [-0.2, -0.15) is 0 Å². The van der Waals surface area contributed by atoms with Crippen LogP contribution in [-0.4, -0.2) is 10.9 Å². The maximum absolute atomic E-state index is 13.1. The van der Waals surface area contributed by atoms with Crippen molar-refractivity contribution in [3.05, 3.63) is 76.5 Å². The van der Waals surface area contributed by atoms with E-state index in [1.165, 1.54) is 18.2 Å². The first-order valence-electron chi connectivity index (χ1n) is 6.32. The van der Waals surface area contributed by atoms with Gasteiger partial charge in [0.25, 0.3) is 11.5 Å². The number of carbonyl (C=O) groups excluding carboxylic acids is 1. The Morgan fingerprint density at radius 1 is 1.05 bits per heavy atom. The van der Waals surface area contributed by atoms with Gasteiger partial charge in [0.1, 0.15) is 11.5 Å². The van der Waals surface area contributed by atoms with Gasteiger partial charge in [-0.1, -0.05) is 24.3 Å². The molecule has 0 aliphatic carbocycles. The Bertz CT molecular complexity index is 887. The van der Waals surface area contributed by atoms with Gasteiger partial charge in [0.15, 0.2) is 0 Å². The highest BCUT2D eigenvalue weighted by atomic mass is 19.1. The molecule has 2 aromatic carbocycles. The Kier molecular flexibility index (Phi) is 3.23. The van der Waals surface area contributed by atoms with Crippen LogP contribution in [0.5, 0.6) is 0 Å². The lowest BCUT2D eigenvalue weighted by Gasteiger charge is -2.06. The second kappa shape index (κ2) is 5.20. The molecule has 2 N–H and O–H groups in total. The summed E-state index contributed by atoms with van der Waals surface area (Å²) in [6.45, 7) is 0. The lowest BCUT2D eigenvalue weighted by atomic mass is 10.1. The molecular weight excluding hydrogens is 271 g/mol. The average molecular weight is 282 g/mol. The molecule has 0 saturated heterocycles. The van der Waals surface area contributed by atoms with Crippen molar-refractivity contribution < 1.29 is 9.18 Å². The van der Waals surface area contributed by atoms with Gasteiger partial charge in [0.2, 0.25) is 0 Å². The highest BCUT2D eigenvalue weighted by Crippen LogP contribution is 2.13. The summed E-state index contributed by atoms with van der Waals surface area (Å²) in [5.74, 6) is -0.941. The summed E-state index contributed by atoms with van der Waals surface area (Å²) >= 11 is 0. The summed E-state index contributed by atoms with van der Waals surface area (Å²) in [7, 11) is 0. The van der Waals surface area contributed by atoms with E-state index in [9.17, 15) is 14.0 Å². The predicted octanol–water partition coefficient (Wildman–Crippen LogP) is 2.92. The largest absolute Gasteiger partial charge is 0.321 e. The van der Waals surface area contributed by atoms with Crippen molar-refractivity contribution >= 4 is 22.4 Å². The molecule has 1 amide bonds. The topological polar surface area (TPSA) is 62.0 Å². The number of rotatable bonds is 2. The molecular formula is C16H11FN2O2. The summed E-state index contributed by atoms with van der Waals surface area (Å²) in [4.78, 5) is 26.6. The maximum Gasteiger partial charge on any atom is 0.272 e. The summed E-state index contributed by atoms with van der Waals surface area (Å²) in [6.07, 6.45) is 0. The Morgan fingerprint density at radius 3 is 2.67 bits per heavy atom. The zero-order valence-corrected chi connectivity index (χ0v) is 10.9. The van der Waals surface area contributed by atoms with E-state index in [-0.39, 0.29) is 11.3 Å². The van der Waals surface area contributed by atoms with Crippen LogP contribution >= 0.6 is 0 Å². The van der Waals surface area contributed by atoms with E-state index in [1.54, 1.807) is 36.4 Å². The Labute approximate surface area is 119 Å². The zero-order valence-electron chi connectivity index (χ0n) is 10.9. The molecule has 3 aromatic rings. The van der Waals surface area contributed by atoms with Crippen LogP contribution in [0.2, 0.25) is 0 Å². The minimum absolute atomic E-state index is 0.128. The first kappa shape index (κ1) is 13.1. The Balaban J connectivity index is 1.96. The lowest BCUT2D eigenvalue weighted by Crippen LogP contribution is -2.18. The number of pyridine rings is 1. The number of H-pyrrole nitrogens is 1. The molecule has 5 heteroatoms. The first-order chi connectivity index (χ1) is 10.1. The van der Waals surface area contributed by atoms with Crippen LogP contribution in [-0.2, 0) is 0 Å². The van der Waals surface area contributed by atoms with Gasteiger partial charge in [-0.25, -0.2) is 4.39 Å². The maximum atomic E-state index is 13.1. The number of anilines is 1. The third-order valence-electron chi connectivity index (χ3n) is 3.08. The average Bonchev–Trinajstić information content (AvgIpc) is 2.47. The minimum Gasteiger partial charge on any atom is -0.321 e. The SMILES string of the molecule is O=C(Nc1cccc(F)c1)c1cc2ccccc2c(=O)[nH]1. The van der Waals surface area contributed by atoms with E-state index in [2.05, 4.69) is 10.3 Å². The molecule has 21 heavy (non-hydrogen) atoms. The molecule has 3 rings (SSSR count). The molecule has 0 aliphatic heterocycles. The highest BCUT2D eigenvalue weighted by Gasteiger charge is 2.10. The van der Waals surface area contributed by atoms with Gasteiger partial charge in [0.05, 0.1) is 0 Å². The lowest BCUT2D eigenvalue weighted by molar-refractivity contribution is 0.102. The van der Waals surface area contributed by atoms with Gasteiger partial charge in [0, 0.05) is 11.1 Å². The first-order valence-corrected chi connectivity index (χ1v) is 6.32. The summed E-state index contributed by atoms with van der Waals surface area (Å²) < 4.78 is 13.1. The fourth-order valence-electron chi connectivity index (χ4n) is 2.10. The summed E-state index contributed by atoms with van der Waals surface area (Å²) in [6, 6.07) is 14.1. The number of halogens is 1. The second-order valence-corrected chi connectivity index (χ2v) is 4.56. The van der Waals surface area contributed by atoms with E-state index in [4.69, 9.17) is 0 Å². The molecule has 104 valence electrons. The summed E-state index contributed by atoms with van der Waals surface area (Å²) in [5, 5.41) is 3.73. The second-order valence-electron chi connectivity index (χ2n) is 4.56. The van der Waals surface area contributed by atoms with Crippen molar-refractivity contribution in [3.8, 4) is 0 Å². The van der Waals surface area contributed by atoms with E-state index in [1.807, 2.05) is 0 Å². The van der Waals surface area contributed by atoms with Crippen LogP contribution in [0.3, 0.4) is 0 Å².